The van der Waals surface area contributed by atoms with Crippen molar-refractivity contribution in [3.8, 4) is 35.2 Å². The molecule has 2 bridgehead atoms. The van der Waals surface area contributed by atoms with Crippen molar-refractivity contribution < 1.29 is 102 Å². The lowest BCUT2D eigenvalue weighted by atomic mass is 9.75. The average molecular weight is 1340 g/mol. The molecule has 6 aliphatic rings. The summed E-state index contributed by atoms with van der Waals surface area (Å²) in [5.74, 6) is 11.1. The van der Waals surface area contributed by atoms with Crippen molar-refractivity contribution >= 4 is 57.3 Å². The van der Waals surface area contributed by atoms with E-state index in [2.05, 4.69) is 34.5 Å². The summed E-state index contributed by atoms with van der Waals surface area (Å²) in [5, 5.41) is 59.7. The molecule has 2 aliphatic carbocycles. The van der Waals surface area contributed by atoms with Gasteiger partial charge >= 0.3 is 6.09 Å². The second-order valence-electron chi connectivity index (χ2n) is 22.2. The first-order valence-corrected chi connectivity index (χ1v) is 30.7. The molecule has 24 nitrogen and oxygen atoms in total. The molecule has 4 heterocycles. The monoisotopic (exact) mass is 1340 g/mol. The molecule has 0 spiro atoms. The van der Waals surface area contributed by atoms with Crippen molar-refractivity contribution in [2.24, 2.45) is 5.92 Å². The van der Waals surface area contributed by atoms with E-state index in [-0.39, 0.29) is 64.7 Å². The second-order valence-corrected chi connectivity index (χ2v) is 24.4. The van der Waals surface area contributed by atoms with E-state index in [4.69, 9.17) is 56.9 Å². The van der Waals surface area contributed by atoms with E-state index in [0.717, 1.165) is 18.9 Å². The van der Waals surface area contributed by atoms with Crippen molar-refractivity contribution in [2.45, 2.75) is 210 Å². The van der Waals surface area contributed by atoms with Gasteiger partial charge in [0.2, 0.25) is 17.3 Å². The highest BCUT2D eigenvalue weighted by Gasteiger charge is 2.52. The Bertz CT molecular complexity index is 2840. The third-order valence-corrected chi connectivity index (χ3v) is 18.7. The zero-order valence-electron chi connectivity index (χ0n) is 50.7. The van der Waals surface area contributed by atoms with Gasteiger partial charge in [-0.15, -0.1) is 0 Å². The molecular formula is C60H82IN3O21S. The lowest BCUT2D eigenvalue weighted by Gasteiger charge is -2.47. The van der Waals surface area contributed by atoms with Crippen LogP contribution in [0.2, 0.25) is 0 Å². The first-order valence-electron chi connectivity index (χ1n) is 28.7. The number of benzene rings is 1. The van der Waals surface area contributed by atoms with Gasteiger partial charge in [0.15, 0.2) is 41.8 Å². The lowest BCUT2D eigenvalue weighted by molar-refractivity contribution is -0.337. The number of rotatable bonds is 20. The van der Waals surface area contributed by atoms with E-state index in [9.17, 15) is 44.7 Å². The summed E-state index contributed by atoms with van der Waals surface area (Å²) in [6.07, 6.45) is -13.5. The summed E-state index contributed by atoms with van der Waals surface area (Å²) in [6.45, 7) is 16.2. The van der Waals surface area contributed by atoms with Gasteiger partial charge in [-0.1, -0.05) is 62.3 Å². The minimum absolute atomic E-state index is 0.00239. The van der Waals surface area contributed by atoms with E-state index >= 15 is 0 Å². The maximum atomic E-state index is 14.5. The highest BCUT2D eigenvalue weighted by molar-refractivity contribution is 14.1. The number of halogens is 1. The van der Waals surface area contributed by atoms with Crippen molar-refractivity contribution in [2.75, 3.05) is 41.6 Å². The van der Waals surface area contributed by atoms with Crippen molar-refractivity contribution in [3.63, 3.8) is 0 Å². The number of nitrogens with zero attached hydrogens (tertiary/aromatic N) is 1. The zero-order chi connectivity index (χ0) is 63.1. The van der Waals surface area contributed by atoms with Crippen LogP contribution in [-0.2, 0) is 63.5 Å². The van der Waals surface area contributed by atoms with Gasteiger partial charge in [0.05, 0.1) is 84.4 Å². The number of alkyl carbamates (subject to hydrolysis) is 1. The van der Waals surface area contributed by atoms with Crippen LogP contribution in [0.3, 0.4) is 0 Å². The fraction of sp³-hybridized carbons (Fsp3) is 0.667. The van der Waals surface area contributed by atoms with Crippen LogP contribution in [0, 0.1) is 40.1 Å². The number of aliphatic hydroxyl groups is 5. The second kappa shape index (κ2) is 30.5. The van der Waals surface area contributed by atoms with Crippen molar-refractivity contribution in [1.29, 1.82) is 0 Å². The lowest BCUT2D eigenvalue weighted by Crippen LogP contribution is -2.65. The number of aliphatic hydroxyl groups excluding tert-OH is 4. The molecule has 0 saturated carbocycles. The summed E-state index contributed by atoms with van der Waals surface area (Å²) in [5.41, 5.74) is 2.12. The molecule has 1 aromatic rings. The number of carbonyl (C=O) groups excluding carboxylic acids is 4. The molecule has 4 aliphatic heterocycles. The molecular weight excluding hydrogens is 1260 g/mol. The number of nitrogens with one attached hydrogen (secondary N) is 2. The molecule has 1 aromatic carbocycles. The molecule has 4 saturated heterocycles. The minimum atomic E-state index is -2.06. The van der Waals surface area contributed by atoms with Crippen LogP contribution in [0.15, 0.2) is 35.1 Å². The number of hydrogen-bond acceptors (Lipinski definition) is 23. The van der Waals surface area contributed by atoms with Crippen molar-refractivity contribution in [3.05, 3.63) is 55.3 Å². The van der Waals surface area contributed by atoms with E-state index in [1.165, 1.54) is 40.4 Å². The van der Waals surface area contributed by atoms with E-state index in [1.807, 2.05) is 50.3 Å². The van der Waals surface area contributed by atoms with Crippen LogP contribution in [-0.4, -0.2) is 210 Å². The molecule has 476 valence electrons. The fourth-order valence-electron chi connectivity index (χ4n) is 11.5. The molecule has 0 aromatic heterocycles. The molecule has 19 atom stereocenters. The highest BCUT2D eigenvalue weighted by atomic mass is 127. The number of allylic oxidation sites excluding steroid dienone is 4. The summed E-state index contributed by atoms with van der Waals surface area (Å²) in [6, 6.07) is -1.60. The van der Waals surface area contributed by atoms with Crippen molar-refractivity contribution in [1.82, 2.24) is 15.7 Å². The Labute approximate surface area is 519 Å². The Hall–Kier alpha value is -4.28. The van der Waals surface area contributed by atoms with Gasteiger partial charge in [-0.3, -0.25) is 24.5 Å². The number of likely N-dealkylation sites (N-methyl/N-ethyl adjacent to an activating group) is 1. The van der Waals surface area contributed by atoms with Crippen LogP contribution in [0.5, 0.6) is 11.5 Å². The Kier molecular flexibility index (Phi) is 24.5. The predicted molar refractivity (Wildman–Crippen MR) is 318 cm³/mol. The van der Waals surface area contributed by atoms with Gasteiger partial charge in [-0.25, -0.2) is 4.79 Å². The molecule has 7 N–H and O–H groups in total. The Morgan fingerprint density at radius 2 is 1.62 bits per heavy atom. The molecule has 0 radical (unpaired) electrons. The number of fused-ring (bicyclic) bond motifs is 2. The third-order valence-electron chi connectivity index (χ3n) is 16.0. The molecule has 26 heteroatoms. The van der Waals surface area contributed by atoms with Gasteiger partial charge in [-0.2, -0.15) is 5.48 Å². The predicted octanol–water partition coefficient (Wildman–Crippen LogP) is 3.40. The van der Waals surface area contributed by atoms with Crippen LogP contribution >= 0.6 is 34.4 Å². The Morgan fingerprint density at radius 1 is 0.907 bits per heavy atom. The topological polar surface area (TPSA) is 307 Å². The zero-order valence-corrected chi connectivity index (χ0v) is 53.6. The number of ketones is 1. The van der Waals surface area contributed by atoms with Gasteiger partial charge in [0.25, 0.3) is 0 Å². The highest BCUT2D eigenvalue weighted by Crippen LogP contribution is 2.46. The van der Waals surface area contributed by atoms with Crippen LogP contribution in [0.25, 0.3) is 0 Å². The SMILES string of the molecule is CCc1c(OC)c(OC2OC(C)[C@H](O)[C@@H](OC)[C@H]2O)c(I)c(C)c1C(=O)S[C@H]1[C@@H](O)C[C@H](ON[C@H]2[C@@H](O)[C@@H](O[C@H]3C[C@H](OC)[C@@H](N(CC)C(C)=O)CO3)C(O[C@H]3C#C/C=C\C#C[C@]4(O)CC(=O)C(NC(=O)OC)=C3/C4=C/CC(C)C)O[C@@H]2C)O[C@@H]1C. The molecule has 86 heavy (non-hydrogen) atoms. The third kappa shape index (κ3) is 15.3. The summed E-state index contributed by atoms with van der Waals surface area (Å²) >= 11 is 2.94. The van der Waals surface area contributed by atoms with Crippen LogP contribution in [0.1, 0.15) is 103 Å². The summed E-state index contributed by atoms with van der Waals surface area (Å²) < 4.78 is 67.3. The quantitative estimate of drug-likeness (QED) is 0.0559. The maximum Gasteiger partial charge on any atom is 0.411 e. The molecule has 4 fully saturated rings. The minimum Gasteiger partial charge on any atom is -0.493 e. The first kappa shape index (κ1) is 69.2. The largest absolute Gasteiger partial charge is 0.493 e. The molecule has 3 unspecified atom stereocenters. The number of methoxy groups -OCH3 is 4. The van der Waals surface area contributed by atoms with E-state index in [0.29, 0.717) is 39.6 Å². The molecule has 7 rings (SSSR count). The van der Waals surface area contributed by atoms with E-state index in [1.54, 1.807) is 38.7 Å². The first-order chi connectivity index (χ1) is 40.9. The number of carbonyl (C=O) groups is 4. The van der Waals surface area contributed by atoms with Gasteiger partial charge in [0.1, 0.15) is 36.6 Å². The Balaban J connectivity index is 1.13. The smallest absolute Gasteiger partial charge is 0.411 e. The maximum absolute atomic E-state index is 14.5. The number of hydroxylamine groups is 1. The normalized spacial score (nSPS) is 35.4. The van der Waals surface area contributed by atoms with E-state index < -0.39 is 134 Å². The van der Waals surface area contributed by atoms with Gasteiger partial charge in [0, 0.05) is 62.8 Å². The Morgan fingerprint density at radius 3 is 2.24 bits per heavy atom. The summed E-state index contributed by atoms with van der Waals surface area (Å²) in [4.78, 5) is 62.0. The fourth-order valence-corrected chi connectivity index (χ4v) is 13.3. The number of amides is 2. The summed E-state index contributed by atoms with van der Waals surface area (Å²) in [7, 11) is 5.45. The average Bonchev–Trinajstić information content (AvgIpc) is 0.958. The number of Topliss-reactive ketones (excluding diaryl/α,β-unsaturated/α-hetero) is 1. The van der Waals surface area contributed by atoms with Crippen LogP contribution < -0.4 is 20.3 Å². The standard InChI is InChI=1S/C60H82IN3O21S/c1-14-34-43(29(5)45(61)52(51(34)75-11)84-57-50(70)53(76-12)48(68)31(7)81-57)56(71)86-55-32(8)79-42(24-37(55)66)85-63-46-30(6)80-58(54(49(46)69)83-41-25-40(74-10)36(27-78-41)64(15-2)33(9)65)82-39-20-18-16-17-19-23-60(73)26-38(67)47(62-59(72)77-13)44(39)35(60)22-21-28(3)4/h16-17,22,28,30-32,36-37,39-42,46,48-50,53-55,57-58,63,66,68-70,73H,14-15,21,24-27H2,1-13H3,(H,62,72)/b17-16-,35-22-/t30-,31?,32-,36+,37+,39+,40+,41+,42+,46-,48+,49-,50-,53-,54-,55-,57?,58?,60+/m1/s1. The number of thioether (sulfide) groups is 1. The number of hydrogen-bond donors (Lipinski definition) is 7. The van der Waals surface area contributed by atoms with Crippen LogP contribution in [0.4, 0.5) is 4.79 Å². The van der Waals surface area contributed by atoms with Gasteiger partial charge < -0.3 is 82.5 Å². The van der Waals surface area contributed by atoms with Gasteiger partial charge in [-0.05, 0) is 93.7 Å². The number of ether oxygens (including phenoxy) is 11. The molecule has 2 amide bonds.